The Balaban J connectivity index is 1.39. The summed E-state index contributed by atoms with van der Waals surface area (Å²) in [4.78, 5) is 17.6. The normalized spacial score (nSPS) is 12.8. The van der Waals surface area contributed by atoms with E-state index < -0.39 is 0 Å². The van der Waals surface area contributed by atoms with Crippen LogP contribution in [-0.4, -0.2) is 17.4 Å². The fraction of sp³-hybridized carbons (Fsp3) is 0.111. The van der Waals surface area contributed by atoms with Crippen molar-refractivity contribution in [2.75, 3.05) is 6.61 Å². The molecule has 0 bridgehead atoms. The van der Waals surface area contributed by atoms with E-state index in [-0.39, 0.29) is 5.78 Å². The number of hydrogen-bond acceptors (Lipinski definition) is 4. The molecule has 0 amide bonds. The summed E-state index contributed by atoms with van der Waals surface area (Å²) in [5.41, 5.74) is 6.03. The molecule has 1 aliphatic carbocycles. The van der Waals surface area contributed by atoms with Gasteiger partial charge in [-0.3, -0.25) is 9.78 Å². The molecule has 0 fully saturated rings. The summed E-state index contributed by atoms with van der Waals surface area (Å²) < 4.78 is 11.3. The largest absolute Gasteiger partial charge is 0.494 e. The summed E-state index contributed by atoms with van der Waals surface area (Å²) in [5.74, 6) is 0.688. The summed E-state index contributed by atoms with van der Waals surface area (Å²) in [7, 11) is 0. The van der Waals surface area contributed by atoms with E-state index in [1.165, 1.54) is 5.56 Å². The van der Waals surface area contributed by atoms with Gasteiger partial charge in [-0.1, -0.05) is 36.4 Å². The summed E-state index contributed by atoms with van der Waals surface area (Å²) in [6.45, 7) is 0.597. The number of Topliss-reactive ketones (excluding diaryl/α,β-unsaturated/α-hetero) is 1. The van der Waals surface area contributed by atoms with Crippen molar-refractivity contribution in [1.29, 1.82) is 0 Å². The Morgan fingerprint density at radius 1 is 0.871 bits per heavy atom. The number of rotatable bonds is 7. The number of benzene rings is 2. The van der Waals surface area contributed by atoms with Gasteiger partial charge < -0.3 is 9.15 Å². The molecule has 0 spiro atoms. The first-order valence-corrected chi connectivity index (χ1v) is 10.3. The van der Waals surface area contributed by atoms with Gasteiger partial charge in [0.2, 0.25) is 0 Å². The Hall–Kier alpha value is -3.92. The third-order valence-electron chi connectivity index (χ3n) is 5.46. The highest BCUT2D eigenvalue weighted by atomic mass is 16.5. The number of carbonyl (C=O) groups excluding carboxylic acids is 1. The lowest BCUT2D eigenvalue weighted by Crippen LogP contribution is -2.02. The van der Waals surface area contributed by atoms with Crippen LogP contribution in [0.15, 0.2) is 96.1 Å². The van der Waals surface area contributed by atoms with Crippen LogP contribution in [0.1, 0.15) is 39.0 Å². The summed E-state index contributed by atoms with van der Waals surface area (Å²) in [6, 6.07) is 21.7. The molecule has 0 N–H and O–H groups in total. The van der Waals surface area contributed by atoms with Crippen LogP contribution < -0.4 is 4.74 Å². The van der Waals surface area contributed by atoms with E-state index in [2.05, 4.69) is 17.1 Å². The maximum absolute atomic E-state index is 13.4. The molecular weight excluding hydrogens is 386 g/mol. The number of hydrogen-bond donors (Lipinski definition) is 0. The highest BCUT2D eigenvalue weighted by molar-refractivity contribution is 6.41. The maximum atomic E-state index is 13.4. The molecule has 5 rings (SSSR count). The molecule has 4 nitrogen and oxygen atoms in total. The molecule has 0 atom stereocenters. The second-order valence-corrected chi connectivity index (χ2v) is 7.48. The van der Waals surface area contributed by atoms with Gasteiger partial charge in [-0.25, -0.2) is 0 Å². The third-order valence-corrected chi connectivity index (χ3v) is 5.46. The van der Waals surface area contributed by atoms with Crippen LogP contribution in [0.2, 0.25) is 0 Å². The van der Waals surface area contributed by atoms with Crippen molar-refractivity contribution >= 4 is 16.9 Å². The molecule has 2 aromatic carbocycles. The molecule has 0 unspecified atom stereocenters. The molecule has 0 aliphatic heterocycles. The fourth-order valence-corrected chi connectivity index (χ4v) is 4.01. The van der Waals surface area contributed by atoms with Crippen LogP contribution in [0, 0.1) is 0 Å². The lowest BCUT2D eigenvalue weighted by molar-refractivity contribution is 0.105. The third kappa shape index (κ3) is 3.80. The van der Waals surface area contributed by atoms with Gasteiger partial charge >= 0.3 is 0 Å². The SMILES string of the molecule is O=C1C(c2cccnc2)=C(c2ccoc2)c2ccc(OCCCc3ccccc3)cc21. The molecule has 2 heterocycles. The van der Waals surface area contributed by atoms with Crippen LogP contribution in [0.3, 0.4) is 0 Å². The van der Waals surface area contributed by atoms with Crippen LogP contribution in [-0.2, 0) is 6.42 Å². The summed E-state index contributed by atoms with van der Waals surface area (Å²) in [6.07, 6.45) is 8.59. The standard InChI is InChI=1S/C27H21NO3/c29-27-24-16-22(31-14-5-8-19-6-2-1-3-7-19)10-11-23(24)25(21-12-15-30-18-21)26(27)20-9-4-13-28-17-20/h1-4,6-7,9-13,15-18H,5,8,14H2. The van der Waals surface area contributed by atoms with Gasteiger partial charge in [0.05, 0.1) is 19.1 Å². The maximum Gasteiger partial charge on any atom is 0.195 e. The van der Waals surface area contributed by atoms with Gasteiger partial charge in [-0.15, -0.1) is 0 Å². The Bertz CT molecular complexity index is 1230. The smallest absolute Gasteiger partial charge is 0.195 e. The highest BCUT2D eigenvalue weighted by Crippen LogP contribution is 2.43. The molecule has 152 valence electrons. The number of allylic oxidation sites excluding steroid dienone is 1. The predicted molar refractivity (Wildman–Crippen MR) is 120 cm³/mol. The lowest BCUT2D eigenvalue weighted by atomic mass is 9.97. The minimum absolute atomic E-state index is 0.0195. The molecule has 0 radical (unpaired) electrons. The molecule has 0 saturated carbocycles. The molecule has 31 heavy (non-hydrogen) atoms. The first kappa shape index (κ1) is 19.1. The van der Waals surface area contributed by atoms with E-state index in [1.54, 1.807) is 24.9 Å². The van der Waals surface area contributed by atoms with Crippen molar-refractivity contribution in [3.63, 3.8) is 0 Å². The topological polar surface area (TPSA) is 52.3 Å². The van der Waals surface area contributed by atoms with Gasteiger partial charge in [0, 0.05) is 40.2 Å². The number of pyridine rings is 1. The molecule has 4 aromatic rings. The van der Waals surface area contributed by atoms with Crippen LogP contribution >= 0.6 is 0 Å². The lowest BCUT2D eigenvalue weighted by Gasteiger charge is -2.09. The zero-order valence-electron chi connectivity index (χ0n) is 17.0. The number of aryl methyl sites for hydroxylation is 1. The minimum atomic E-state index is -0.0195. The Morgan fingerprint density at radius 2 is 1.77 bits per heavy atom. The second kappa shape index (κ2) is 8.44. The van der Waals surface area contributed by atoms with Gasteiger partial charge in [-0.05, 0) is 54.3 Å². The monoisotopic (exact) mass is 407 g/mol. The van der Waals surface area contributed by atoms with Crippen molar-refractivity contribution in [3.05, 3.63) is 119 Å². The van der Waals surface area contributed by atoms with Gasteiger partial charge in [0.1, 0.15) is 5.75 Å². The number of nitrogens with zero attached hydrogens (tertiary/aromatic N) is 1. The number of carbonyl (C=O) groups is 1. The van der Waals surface area contributed by atoms with E-state index in [0.717, 1.165) is 35.1 Å². The molecular formula is C27H21NO3. The van der Waals surface area contributed by atoms with Crippen molar-refractivity contribution in [2.24, 2.45) is 0 Å². The number of ketones is 1. The number of ether oxygens (including phenoxy) is 1. The zero-order valence-corrected chi connectivity index (χ0v) is 17.0. The average Bonchev–Trinajstić information content (AvgIpc) is 3.44. The Labute approximate surface area is 180 Å². The minimum Gasteiger partial charge on any atom is -0.494 e. The first-order chi connectivity index (χ1) is 15.3. The van der Waals surface area contributed by atoms with Gasteiger partial charge in [0.15, 0.2) is 5.78 Å². The van der Waals surface area contributed by atoms with Crippen LogP contribution in [0.25, 0.3) is 11.1 Å². The van der Waals surface area contributed by atoms with Crippen molar-refractivity contribution in [1.82, 2.24) is 4.98 Å². The fourth-order valence-electron chi connectivity index (χ4n) is 4.01. The number of fused-ring (bicyclic) bond motifs is 1. The molecule has 4 heteroatoms. The summed E-state index contributed by atoms with van der Waals surface area (Å²) >= 11 is 0. The van der Waals surface area contributed by atoms with Crippen molar-refractivity contribution < 1.29 is 13.9 Å². The van der Waals surface area contributed by atoms with Crippen LogP contribution in [0.5, 0.6) is 5.75 Å². The van der Waals surface area contributed by atoms with Crippen LogP contribution in [0.4, 0.5) is 0 Å². The van der Waals surface area contributed by atoms with Gasteiger partial charge in [0.25, 0.3) is 0 Å². The summed E-state index contributed by atoms with van der Waals surface area (Å²) in [5, 5.41) is 0. The zero-order chi connectivity index (χ0) is 21.0. The van der Waals surface area contributed by atoms with E-state index in [4.69, 9.17) is 9.15 Å². The number of furan rings is 1. The number of aromatic nitrogens is 1. The molecule has 0 saturated heterocycles. The van der Waals surface area contributed by atoms with Crippen molar-refractivity contribution in [2.45, 2.75) is 12.8 Å². The Morgan fingerprint density at radius 3 is 2.55 bits per heavy atom. The van der Waals surface area contributed by atoms with E-state index >= 15 is 0 Å². The van der Waals surface area contributed by atoms with E-state index in [1.807, 2.05) is 54.6 Å². The highest BCUT2D eigenvalue weighted by Gasteiger charge is 2.32. The Kier molecular flexibility index (Phi) is 5.19. The quantitative estimate of drug-likeness (QED) is 0.361. The molecule has 2 aromatic heterocycles. The predicted octanol–water partition coefficient (Wildman–Crippen LogP) is 5.84. The van der Waals surface area contributed by atoms with E-state index in [0.29, 0.717) is 23.5 Å². The second-order valence-electron chi connectivity index (χ2n) is 7.48. The van der Waals surface area contributed by atoms with Crippen molar-refractivity contribution in [3.8, 4) is 5.75 Å². The van der Waals surface area contributed by atoms with Gasteiger partial charge in [-0.2, -0.15) is 0 Å². The molecule has 1 aliphatic rings. The first-order valence-electron chi connectivity index (χ1n) is 10.3. The average molecular weight is 407 g/mol. The van der Waals surface area contributed by atoms with E-state index in [9.17, 15) is 4.79 Å².